The van der Waals surface area contributed by atoms with Crippen molar-refractivity contribution in [2.45, 2.75) is 58.2 Å². The highest BCUT2D eigenvalue weighted by atomic mass is 16.5. The highest BCUT2D eigenvalue weighted by Crippen LogP contribution is 2.17. The van der Waals surface area contributed by atoms with Crippen LogP contribution in [0.1, 0.15) is 40.0 Å². The number of carbonyl (C=O) groups is 1. The SMILES string of the molecule is CC(C)(C)n1ncc2c(=O)n(CCC(=O)NCC3CCCO3)cnc21. The number of fused-ring (bicyclic) bond motifs is 1. The van der Waals surface area contributed by atoms with Gasteiger partial charge in [0.15, 0.2) is 5.65 Å². The Balaban J connectivity index is 1.65. The average molecular weight is 347 g/mol. The molecule has 1 fully saturated rings. The number of hydrogen-bond donors (Lipinski definition) is 1. The molecule has 8 heteroatoms. The van der Waals surface area contributed by atoms with Gasteiger partial charge in [0, 0.05) is 26.1 Å². The van der Waals surface area contributed by atoms with Crippen LogP contribution in [0.25, 0.3) is 11.0 Å². The van der Waals surface area contributed by atoms with Crippen LogP contribution in [-0.4, -0.2) is 44.5 Å². The summed E-state index contributed by atoms with van der Waals surface area (Å²) in [4.78, 5) is 28.9. The van der Waals surface area contributed by atoms with Crippen molar-refractivity contribution in [3.63, 3.8) is 0 Å². The minimum atomic E-state index is -0.254. The minimum absolute atomic E-state index is 0.0899. The predicted octanol–water partition coefficient (Wildman–Crippen LogP) is 1.03. The Labute approximate surface area is 146 Å². The molecule has 2 aromatic rings. The number of nitrogens with one attached hydrogen (secondary N) is 1. The van der Waals surface area contributed by atoms with Gasteiger partial charge in [0.25, 0.3) is 5.56 Å². The number of aryl methyl sites for hydroxylation is 1. The van der Waals surface area contributed by atoms with Crippen LogP contribution in [0, 0.1) is 0 Å². The van der Waals surface area contributed by atoms with E-state index >= 15 is 0 Å². The van der Waals surface area contributed by atoms with Gasteiger partial charge in [0.05, 0.1) is 24.2 Å². The fourth-order valence-corrected chi connectivity index (χ4v) is 2.94. The fourth-order valence-electron chi connectivity index (χ4n) is 2.94. The van der Waals surface area contributed by atoms with Crippen LogP contribution in [0.5, 0.6) is 0 Å². The molecule has 1 atom stereocenters. The number of carbonyl (C=O) groups excluding carboxylic acids is 1. The van der Waals surface area contributed by atoms with Gasteiger partial charge in [-0.3, -0.25) is 14.2 Å². The van der Waals surface area contributed by atoms with E-state index in [1.54, 1.807) is 10.9 Å². The first-order valence-electron chi connectivity index (χ1n) is 8.68. The van der Waals surface area contributed by atoms with E-state index in [0.717, 1.165) is 19.4 Å². The maximum absolute atomic E-state index is 12.6. The van der Waals surface area contributed by atoms with Gasteiger partial charge in [-0.15, -0.1) is 0 Å². The summed E-state index contributed by atoms with van der Waals surface area (Å²) in [6, 6.07) is 0. The number of amides is 1. The normalized spacial score (nSPS) is 18.0. The Morgan fingerprint density at radius 1 is 1.44 bits per heavy atom. The molecule has 1 aliphatic heterocycles. The minimum Gasteiger partial charge on any atom is -0.376 e. The summed E-state index contributed by atoms with van der Waals surface area (Å²) in [5, 5.41) is 7.61. The van der Waals surface area contributed by atoms with Crippen LogP contribution in [0.2, 0.25) is 0 Å². The zero-order valence-electron chi connectivity index (χ0n) is 15.0. The van der Waals surface area contributed by atoms with Crippen molar-refractivity contribution < 1.29 is 9.53 Å². The van der Waals surface area contributed by atoms with E-state index in [1.807, 2.05) is 20.8 Å². The molecule has 8 nitrogen and oxygen atoms in total. The summed E-state index contributed by atoms with van der Waals surface area (Å²) in [6.07, 6.45) is 5.41. The highest BCUT2D eigenvalue weighted by Gasteiger charge is 2.20. The molecule has 0 saturated carbocycles. The van der Waals surface area contributed by atoms with E-state index < -0.39 is 0 Å². The third kappa shape index (κ3) is 3.89. The molecule has 0 bridgehead atoms. The van der Waals surface area contributed by atoms with Crippen molar-refractivity contribution in [2.24, 2.45) is 0 Å². The van der Waals surface area contributed by atoms with E-state index in [9.17, 15) is 9.59 Å². The zero-order valence-corrected chi connectivity index (χ0v) is 15.0. The van der Waals surface area contributed by atoms with E-state index in [2.05, 4.69) is 15.4 Å². The van der Waals surface area contributed by atoms with E-state index in [-0.39, 0.29) is 29.5 Å². The molecule has 25 heavy (non-hydrogen) atoms. The monoisotopic (exact) mass is 347 g/mol. The van der Waals surface area contributed by atoms with E-state index in [1.165, 1.54) is 10.9 Å². The third-order valence-electron chi connectivity index (χ3n) is 4.32. The molecule has 3 rings (SSSR count). The van der Waals surface area contributed by atoms with Crippen LogP contribution in [0.15, 0.2) is 17.3 Å². The number of hydrogen-bond acceptors (Lipinski definition) is 5. The lowest BCUT2D eigenvalue weighted by molar-refractivity contribution is -0.121. The molecular weight excluding hydrogens is 322 g/mol. The molecule has 0 spiro atoms. The number of rotatable bonds is 5. The number of nitrogens with zero attached hydrogens (tertiary/aromatic N) is 4. The lowest BCUT2D eigenvalue weighted by Gasteiger charge is -2.19. The highest BCUT2D eigenvalue weighted by molar-refractivity contribution is 5.76. The summed E-state index contributed by atoms with van der Waals surface area (Å²) in [5.41, 5.74) is 0.138. The fraction of sp³-hybridized carbons (Fsp3) is 0.647. The van der Waals surface area contributed by atoms with E-state index in [0.29, 0.717) is 24.1 Å². The molecule has 136 valence electrons. The lowest BCUT2D eigenvalue weighted by Crippen LogP contribution is -2.33. The maximum atomic E-state index is 12.6. The van der Waals surface area contributed by atoms with Crippen molar-refractivity contribution in [1.29, 1.82) is 0 Å². The largest absolute Gasteiger partial charge is 0.376 e. The first kappa shape index (κ1) is 17.6. The second-order valence-electron chi connectivity index (χ2n) is 7.40. The topological polar surface area (TPSA) is 91.0 Å². The summed E-state index contributed by atoms with van der Waals surface area (Å²) in [6.45, 7) is 7.61. The first-order chi connectivity index (χ1) is 11.9. The Kier molecular flexibility index (Phi) is 4.89. The van der Waals surface area contributed by atoms with Gasteiger partial charge < -0.3 is 10.1 Å². The molecule has 0 radical (unpaired) electrons. The van der Waals surface area contributed by atoms with Gasteiger partial charge in [0.2, 0.25) is 5.91 Å². The molecule has 1 N–H and O–H groups in total. The Hall–Kier alpha value is -2.22. The van der Waals surface area contributed by atoms with Gasteiger partial charge >= 0.3 is 0 Å². The van der Waals surface area contributed by atoms with Crippen LogP contribution < -0.4 is 10.9 Å². The molecule has 0 aromatic carbocycles. The third-order valence-corrected chi connectivity index (χ3v) is 4.32. The maximum Gasteiger partial charge on any atom is 0.264 e. The second kappa shape index (κ2) is 6.95. The van der Waals surface area contributed by atoms with Crippen LogP contribution >= 0.6 is 0 Å². The van der Waals surface area contributed by atoms with Crippen LogP contribution in [0.3, 0.4) is 0 Å². The van der Waals surface area contributed by atoms with Crippen molar-refractivity contribution >= 4 is 16.9 Å². The molecule has 1 amide bonds. The Morgan fingerprint density at radius 3 is 2.92 bits per heavy atom. The second-order valence-corrected chi connectivity index (χ2v) is 7.40. The smallest absolute Gasteiger partial charge is 0.264 e. The number of aromatic nitrogens is 4. The van der Waals surface area contributed by atoms with Gasteiger partial charge in [0.1, 0.15) is 5.39 Å². The summed E-state index contributed by atoms with van der Waals surface area (Å²) >= 11 is 0. The van der Waals surface area contributed by atoms with Gasteiger partial charge in [-0.1, -0.05) is 0 Å². The molecule has 1 saturated heterocycles. The van der Waals surface area contributed by atoms with Crippen LogP contribution in [-0.2, 0) is 21.6 Å². The molecule has 2 aromatic heterocycles. The molecule has 1 unspecified atom stereocenters. The van der Waals surface area contributed by atoms with Crippen molar-refractivity contribution in [1.82, 2.24) is 24.6 Å². The zero-order chi connectivity index (χ0) is 18.0. The quantitative estimate of drug-likeness (QED) is 0.872. The Bertz CT molecular complexity index is 812. The van der Waals surface area contributed by atoms with Crippen molar-refractivity contribution in [2.75, 3.05) is 13.2 Å². The van der Waals surface area contributed by atoms with Crippen molar-refractivity contribution in [3.8, 4) is 0 Å². The molecule has 3 heterocycles. The van der Waals surface area contributed by atoms with Gasteiger partial charge in [-0.25, -0.2) is 9.67 Å². The summed E-state index contributed by atoms with van der Waals surface area (Å²) < 4.78 is 8.67. The van der Waals surface area contributed by atoms with Crippen LogP contribution in [0.4, 0.5) is 0 Å². The summed E-state index contributed by atoms with van der Waals surface area (Å²) in [5.74, 6) is -0.0899. The molecule has 1 aliphatic rings. The van der Waals surface area contributed by atoms with Crippen molar-refractivity contribution in [3.05, 3.63) is 22.9 Å². The van der Waals surface area contributed by atoms with Gasteiger partial charge in [-0.2, -0.15) is 5.10 Å². The lowest BCUT2D eigenvalue weighted by atomic mass is 10.1. The average Bonchev–Trinajstić information content (AvgIpc) is 3.21. The summed E-state index contributed by atoms with van der Waals surface area (Å²) in [7, 11) is 0. The molecule has 0 aliphatic carbocycles. The first-order valence-corrected chi connectivity index (χ1v) is 8.68. The number of ether oxygens (including phenoxy) is 1. The Morgan fingerprint density at radius 2 is 2.24 bits per heavy atom. The predicted molar refractivity (Wildman–Crippen MR) is 93.4 cm³/mol. The molecular formula is C17H25N5O3. The standard InChI is InChI=1S/C17H25N5O3/c1-17(2,3)22-15-13(10-20-22)16(24)21(11-19-15)7-6-14(23)18-9-12-5-4-8-25-12/h10-12H,4-9H2,1-3H3,(H,18,23). The van der Waals surface area contributed by atoms with Gasteiger partial charge in [-0.05, 0) is 33.6 Å². The van der Waals surface area contributed by atoms with E-state index in [4.69, 9.17) is 4.74 Å².